The van der Waals surface area contributed by atoms with Gasteiger partial charge in [-0.3, -0.25) is 0 Å². The van der Waals surface area contributed by atoms with Crippen molar-refractivity contribution < 1.29 is 13.5 Å². The number of halogens is 2. The van der Waals surface area contributed by atoms with Crippen LogP contribution in [0.5, 0.6) is 0 Å². The molecule has 1 aromatic carbocycles. The standard InChI is InChI=1S/C14H18F2N2O/c1-13(2,3)14(15,16)19-9-12-17-10-7-5-6-8-11(10)18(12)4/h5-8H,9H2,1-4H3. The highest BCUT2D eigenvalue weighted by molar-refractivity contribution is 5.75. The van der Waals surface area contributed by atoms with Gasteiger partial charge in [0.25, 0.3) is 0 Å². The van der Waals surface area contributed by atoms with Gasteiger partial charge in [-0.1, -0.05) is 32.9 Å². The molecule has 0 atom stereocenters. The highest BCUT2D eigenvalue weighted by Gasteiger charge is 2.44. The third kappa shape index (κ3) is 2.61. The van der Waals surface area contributed by atoms with Gasteiger partial charge in [-0.15, -0.1) is 0 Å². The first-order valence-electron chi connectivity index (χ1n) is 6.14. The summed E-state index contributed by atoms with van der Waals surface area (Å²) in [6.07, 6.45) is -3.19. The van der Waals surface area contributed by atoms with E-state index >= 15 is 0 Å². The Bertz CT molecular complexity index is 585. The van der Waals surface area contributed by atoms with Gasteiger partial charge in [0.1, 0.15) is 12.4 Å². The minimum Gasteiger partial charge on any atom is -0.329 e. The average molecular weight is 268 g/mol. The van der Waals surface area contributed by atoms with Crippen LogP contribution in [0.2, 0.25) is 0 Å². The Morgan fingerprint density at radius 3 is 2.42 bits per heavy atom. The van der Waals surface area contributed by atoms with E-state index in [0.29, 0.717) is 5.82 Å². The molecule has 3 nitrogen and oxygen atoms in total. The molecule has 1 heterocycles. The zero-order valence-electron chi connectivity index (χ0n) is 11.6. The lowest BCUT2D eigenvalue weighted by Gasteiger charge is -2.29. The number of ether oxygens (including phenoxy) is 1. The molecule has 5 heteroatoms. The van der Waals surface area contributed by atoms with Gasteiger partial charge in [0.15, 0.2) is 0 Å². The molecule has 0 aliphatic rings. The monoisotopic (exact) mass is 268 g/mol. The molecule has 2 aromatic rings. The molecule has 0 unspecified atom stereocenters. The van der Waals surface area contributed by atoms with E-state index in [0.717, 1.165) is 11.0 Å². The molecule has 0 bridgehead atoms. The zero-order chi connectivity index (χ0) is 14.3. The van der Waals surface area contributed by atoms with Gasteiger partial charge in [-0.25, -0.2) is 4.98 Å². The number of hydrogen-bond acceptors (Lipinski definition) is 2. The number of fused-ring (bicyclic) bond motifs is 1. The Labute approximate surface area is 111 Å². The molecule has 0 saturated heterocycles. The predicted octanol–water partition coefficient (Wildman–Crippen LogP) is 3.73. The van der Waals surface area contributed by atoms with Gasteiger partial charge in [-0.05, 0) is 12.1 Å². The van der Waals surface area contributed by atoms with Crippen LogP contribution in [-0.2, 0) is 18.4 Å². The van der Waals surface area contributed by atoms with Gasteiger partial charge in [-0.2, -0.15) is 8.78 Å². The largest absolute Gasteiger partial charge is 0.360 e. The first kappa shape index (κ1) is 13.9. The van der Waals surface area contributed by atoms with Crippen molar-refractivity contribution in [3.05, 3.63) is 30.1 Å². The summed E-state index contributed by atoms with van der Waals surface area (Å²) >= 11 is 0. The van der Waals surface area contributed by atoms with Crippen molar-refractivity contribution >= 4 is 11.0 Å². The summed E-state index contributed by atoms with van der Waals surface area (Å²) in [6.45, 7) is 4.13. The summed E-state index contributed by atoms with van der Waals surface area (Å²) in [7, 11) is 1.79. The topological polar surface area (TPSA) is 27.1 Å². The third-order valence-corrected chi connectivity index (χ3v) is 3.14. The molecule has 0 N–H and O–H groups in total. The fraction of sp³-hybridized carbons (Fsp3) is 0.500. The molecular formula is C14H18F2N2O. The second-order valence-corrected chi connectivity index (χ2v) is 5.63. The molecule has 0 spiro atoms. The second kappa shape index (κ2) is 4.56. The van der Waals surface area contributed by atoms with Gasteiger partial charge in [0.2, 0.25) is 0 Å². The highest BCUT2D eigenvalue weighted by Crippen LogP contribution is 2.37. The van der Waals surface area contributed by atoms with Crippen molar-refractivity contribution in [3.63, 3.8) is 0 Å². The Morgan fingerprint density at radius 1 is 1.21 bits per heavy atom. The second-order valence-electron chi connectivity index (χ2n) is 5.63. The number of alkyl halides is 2. The van der Waals surface area contributed by atoms with E-state index in [2.05, 4.69) is 4.98 Å². The van der Waals surface area contributed by atoms with Crippen molar-refractivity contribution in [2.24, 2.45) is 12.5 Å². The summed E-state index contributed by atoms with van der Waals surface area (Å²) < 4.78 is 34.0. The normalized spacial score (nSPS) is 13.2. The number of benzene rings is 1. The van der Waals surface area contributed by atoms with Gasteiger partial charge in [0.05, 0.1) is 16.4 Å². The molecule has 0 amide bonds. The lowest BCUT2D eigenvalue weighted by molar-refractivity contribution is -0.301. The third-order valence-electron chi connectivity index (χ3n) is 3.14. The van der Waals surface area contributed by atoms with Crippen molar-refractivity contribution in [2.75, 3.05) is 0 Å². The number of para-hydroxylation sites is 2. The lowest BCUT2D eigenvalue weighted by Crippen LogP contribution is -2.36. The molecule has 0 fully saturated rings. The first-order valence-corrected chi connectivity index (χ1v) is 6.14. The summed E-state index contributed by atoms with van der Waals surface area (Å²) in [5.41, 5.74) is 0.445. The van der Waals surface area contributed by atoms with E-state index in [9.17, 15) is 8.78 Å². The van der Waals surface area contributed by atoms with Gasteiger partial charge < -0.3 is 9.30 Å². The lowest BCUT2D eigenvalue weighted by atomic mass is 9.95. The number of aromatic nitrogens is 2. The Hall–Kier alpha value is -1.49. The fourth-order valence-corrected chi connectivity index (χ4v) is 1.70. The SMILES string of the molecule is Cn1c(COC(F)(F)C(C)(C)C)nc2ccccc21. The van der Waals surface area contributed by atoms with E-state index in [-0.39, 0.29) is 6.61 Å². The van der Waals surface area contributed by atoms with E-state index in [1.54, 1.807) is 11.6 Å². The number of aryl methyl sites for hydroxylation is 1. The molecule has 0 aliphatic heterocycles. The van der Waals surface area contributed by atoms with Crippen molar-refractivity contribution in [3.8, 4) is 0 Å². The van der Waals surface area contributed by atoms with Crippen LogP contribution in [0.1, 0.15) is 26.6 Å². The van der Waals surface area contributed by atoms with E-state index in [1.807, 2.05) is 24.3 Å². The van der Waals surface area contributed by atoms with E-state index < -0.39 is 11.5 Å². The number of rotatable bonds is 3. The van der Waals surface area contributed by atoms with Crippen LogP contribution in [-0.4, -0.2) is 15.7 Å². The van der Waals surface area contributed by atoms with Gasteiger partial charge >= 0.3 is 6.11 Å². The summed E-state index contributed by atoms with van der Waals surface area (Å²) in [5, 5.41) is 0. The van der Waals surface area contributed by atoms with Crippen LogP contribution in [0.4, 0.5) is 8.78 Å². The minimum absolute atomic E-state index is 0.213. The van der Waals surface area contributed by atoms with Crippen molar-refractivity contribution in [2.45, 2.75) is 33.5 Å². The molecule has 0 saturated carbocycles. The van der Waals surface area contributed by atoms with Crippen LogP contribution in [0.15, 0.2) is 24.3 Å². The quantitative estimate of drug-likeness (QED) is 0.848. The molecule has 0 aliphatic carbocycles. The number of imidazole rings is 1. The molecule has 104 valence electrons. The molecule has 19 heavy (non-hydrogen) atoms. The average Bonchev–Trinajstić information content (AvgIpc) is 2.63. The maximum Gasteiger partial charge on any atom is 0.360 e. The Balaban J connectivity index is 2.21. The van der Waals surface area contributed by atoms with Crippen molar-refractivity contribution in [1.29, 1.82) is 0 Å². The van der Waals surface area contributed by atoms with Crippen molar-refractivity contribution in [1.82, 2.24) is 9.55 Å². The number of nitrogens with zero attached hydrogens (tertiary/aromatic N) is 2. The smallest absolute Gasteiger partial charge is 0.329 e. The fourth-order valence-electron chi connectivity index (χ4n) is 1.70. The zero-order valence-corrected chi connectivity index (χ0v) is 11.6. The number of hydrogen-bond donors (Lipinski definition) is 0. The van der Waals surface area contributed by atoms with Crippen LogP contribution in [0.25, 0.3) is 11.0 Å². The van der Waals surface area contributed by atoms with Crippen LogP contribution < -0.4 is 0 Å². The van der Waals surface area contributed by atoms with E-state index in [4.69, 9.17) is 4.74 Å². The summed E-state index contributed by atoms with van der Waals surface area (Å²) in [4.78, 5) is 4.30. The predicted molar refractivity (Wildman–Crippen MR) is 69.9 cm³/mol. The minimum atomic E-state index is -3.19. The van der Waals surface area contributed by atoms with Crippen LogP contribution >= 0.6 is 0 Å². The summed E-state index contributed by atoms with van der Waals surface area (Å²) in [5.74, 6) is 0.491. The Morgan fingerprint density at radius 2 is 1.84 bits per heavy atom. The summed E-state index contributed by atoms with van der Waals surface area (Å²) in [6, 6.07) is 7.50. The molecule has 0 radical (unpaired) electrons. The maximum atomic E-state index is 13.7. The van der Waals surface area contributed by atoms with Crippen LogP contribution in [0.3, 0.4) is 0 Å². The molecule has 2 rings (SSSR count). The first-order chi connectivity index (χ1) is 8.72. The maximum absolute atomic E-state index is 13.7. The van der Waals surface area contributed by atoms with Crippen LogP contribution in [0, 0.1) is 5.41 Å². The molecule has 1 aromatic heterocycles. The van der Waals surface area contributed by atoms with E-state index in [1.165, 1.54) is 20.8 Å². The molecular weight excluding hydrogens is 250 g/mol. The Kier molecular flexibility index (Phi) is 3.34. The highest BCUT2D eigenvalue weighted by atomic mass is 19.3. The van der Waals surface area contributed by atoms with Gasteiger partial charge in [0, 0.05) is 7.05 Å².